The van der Waals surface area contributed by atoms with Crippen LogP contribution in [0, 0.1) is 16.2 Å². The smallest absolute Gasteiger partial charge is 0.311 e. The van der Waals surface area contributed by atoms with Gasteiger partial charge in [-0.1, -0.05) is 29.8 Å². The number of aldehydes is 1. The molecule has 0 aromatic rings. The van der Waals surface area contributed by atoms with Crippen LogP contribution in [0.15, 0.2) is 0 Å². The Morgan fingerprint density at radius 2 is 2.07 bits per heavy atom. The van der Waals surface area contributed by atoms with E-state index in [0.717, 1.165) is 6.29 Å². The number of carbonyl (C=O) groups excluding carboxylic acids is 1. The molecule has 3 saturated carbocycles. The van der Waals surface area contributed by atoms with E-state index in [2.05, 4.69) is 15.9 Å². The van der Waals surface area contributed by atoms with Crippen molar-refractivity contribution in [3.63, 3.8) is 0 Å². The highest BCUT2D eigenvalue weighted by molar-refractivity contribution is 9.09. The van der Waals surface area contributed by atoms with Gasteiger partial charge in [0.15, 0.2) is 0 Å². The second-order valence-corrected chi connectivity index (χ2v) is 5.84. The summed E-state index contributed by atoms with van der Waals surface area (Å²) in [7, 11) is 0. The third-order valence-corrected chi connectivity index (χ3v) is 6.29. The molecule has 78 valence electrons. The van der Waals surface area contributed by atoms with Gasteiger partial charge >= 0.3 is 5.97 Å². The van der Waals surface area contributed by atoms with Gasteiger partial charge in [-0.25, -0.2) is 0 Å². The van der Waals surface area contributed by atoms with Gasteiger partial charge in [-0.3, -0.25) is 4.79 Å². The van der Waals surface area contributed by atoms with Crippen LogP contribution in [-0.2, 0) is 9.59 Å². The molecule has 0 aromatic heterocycles. The summed E-state index contributed by atoms with van der Waals surface area (Å²) >= 11 is 3.39. The number of carbonyl (C=O) groups is 2. The van der Waals surface area contributed by atoms with Gasteiger partial charge in [0.25, 0.3) is 0 Å². The molecule has 0 aliphatic heterocycles. The Balaban J connectivity index is 2.53. The molecular weight excluding hydrogens is 248 g/mol. The number of fused-ring (bicyclic) bond motifs is 1. The number of alkyl halides is 1. The Labute approximate surface area is 91.0 Å². The van der Waals surface area contributed by atoms with Crippen LogP contribution in [0.25, 0.3) is 0 Å². The summed E-state index contributed by atoms with van der Waals surface area (Å²) in [6, 6.07) is 0. The summed E-state index contributed by atoms with van der Waals surface area (Å²) in [5.41, 5.74) is -1.64. The first-order chi connectivity index (χ1) is 6.37. The molecule has 4 heteroatoms. The average molecular weight is 261 g/mol. The first-order valence-corrected chi connectivity index (χ1v) is 5.62. The Morgan fingerprint density at radius 3 is 2.29 bits per heavy atom. The lowest BCUT2D eigenvalue weighted by Crippen LogP contribution is -2.69. The van der Waals surface area contributed by atoms with Crippen molar-refractivity contribution in [1.29, 1.82) is 0 Å². The standard InChI is InChI=1S/C10H13BrO3/c1-8(2)9(5-12)3-4-10(8,6(9)11)7(13)14/h5-6H,3-4H2,1-2H3,(H,13,14)/t6-,9+,10+/m1/s1. The fourth-order valence-corrected chi connectivity index (χ4v) is 5.35. The molecule has 0 unspecified atom stereocenters. The van der Waals surface area contributed by atoms with Crippen LogP contribution in [0.5, 0.6) is 0 Å². The lowest BCUT2D eigenvalue weighted by molar-refractivity contribution is -0.181. The van der Waals surface area contributed by atoms with Crippen LogP contribution in [0.2, 0.25) is 0 Å². The van der Waals surface area contributed by atoms with Gasteiger partial charge in [-0.2, -0.15) is 0 Å². The second kappa shape index (κ2) is 2.40. The SMILES string of the molecule is CC1(C)[C@]2(C=O)CC[C@@]1(C(=O)O)[C@@H]2Br. The van der Waals surface area contributed by atoms with E-state index in [-0.39, 0.29) is 4.83 Å². The summed E-state index contributed by atoms with van der Waals surface area (Å²) in [6.45, 7) is 3.78. The van der Waals surface area contributed by atoms with Crippen LogP contribution in [0.3, 0.4) is 0 Å². The predicted octanol–water partition coefficient (Wildman–Crippen LogP) is 1.84. The van der Waals surface area contributed by atoms with E-state index in [1.807, 2.05) is 13.8 Å². The molecule has 0 aromatic carbocycles. The zero-order chi connectivity index (χ0) is 10.8. The quantitative estimate of drug-likeness (QED) is 0.609. The second-order valence-electron chi connectivity index (χ2n) is 4.92. The molecule has 0 saturated heterocycles. The first kappa shape index (κ1) is 10.1. The maximum atomic E-state index is 11.3. The normalized spacial score (nSPS) is 48.4. The first-order valence-electron chi connectivity index (χ1n) is 4.70. The Hall–Kier alpha value is -0.380. The van der Waals surface area contributed by atoms with Crippen molar-refractivity contribution in [3.05, 3.63) is 0 Å². The largest absolute Gasteiger partial charge is 0.481 e. The monoisotopic (exact) mass is 260 g/mol. The van der Waals surface area contributed by atoms with Crippen LogP contribution in [0.1, 0.15) is 26.7 Å². The van der Waals surface area contributed by atoms with Gasteiger partial charge in [0, 0.05) is 10.2 Å². The van der Waals surface area contributed by atoms with Gasteiger partial charge < -0.3 is 9.90 Å². The minimum Gasteiger partial charge on any atom is -0.481 e. The van der Waals surface area contributed by atoms with Crippen LogP contribution >= 0.6 is 15.9 Å². The van der Waals surface area contributed by atoms with Gasteiger partial charge in [-0.15, -0.1) is 0 Å². The van der Waals surface area contributed by atoms with Gasteiger partial charge in [0.1, 0.15) is 6.29 Å². The van der Waals surface area contributed by atoms with E-state index in [9.17, 15) is 14.7 Å². The fraction of sp³-hybridized carbons (Fsp3) is 0.800. The number of rotatable bonds is 2. The van der Waals surface area contributed by atoms with E-state index in [1.165, 1.54) is 0 Å². The van der Waals surface area contributed by atoms with Crippen molar-refractivity contribution < 1.29 is 14.7 Å². The van der Waals surface area contributed by atoms with E-state index < -0.39 is 22.2 Å². The predicted molar refractivity (Wildman–Crippen MR) is 54.3 cm³/mol. The van der Waals surface area contributed by atoms with Crippen molar-refractivity contribution in [3.8, 4) is 0 Å². The molecule has 1 N–H and O–H groups in total. The molecule has 0 heterocycles. The summed E-state index contributed by atoms with van der Waals surface area (Å²) in [5.74, 6) is -0.778. The van der Waals surface area contributed by atoms with Crippen molar-refractivity contribution >= 4 is 28.2 Å². The molecule has 3 atom stereocenters. The van der Waals surface area contributed by atoms with E-state index in [4.69, 9.17) is 0 Å². The van der Waals surface area contributed by atoms with Crippen molar-refractivity contribution in [2.45, 2.75) is 31.5 Å². The lowest BCUT2D eigenvalue weighted by atomic mass is 9.43. The topological polar surface area (TPSA) is 54.4 Å². The molecule has 2 bridgehead atoms. The zero-order valence-electron chi connectivity index (χ0n) is 8.21. The van der Waals surface area contributed by atoms with Crippen molar-refractivity contribution in [2.75, 3.05) is 0 Å². The van der Waals surface area contributed by atoms with Gasteiger partial charge in [0.2, 0.25) is 0 Å². The minimum atomic E-state index is -0.778. The number of carboxylic acid groups (broad SMARTS) is 1. The molecule has 3 rings (SSSR count). The summed E-state index contributed by atoms with van der Waals surface area (Å²) in [6.07, 6.45) is 2.23. The minimum absolute atomic E-state index is 0.201. The number of carboxylic acids is 1. The molecule has 0 amide bonds. The number of hydrogen-bond donors (Lipinski definition) is 1. The Kier molecular flexibility index (Phi) is 1.74. The number of aliphatic carboxylic acids is 1. The fourth-order valence-electron chi connectivity index (χ4n) is 3.44. The van der Waals surface area contributed by atoms with Crippen LogP contribution in [-0.4, -0.2) is 22.2 Å². The van der Waals surface area contributed by atoms with Gasteiger partial charge in [0.05, 0.1) is 5.41 Å². The summed E-state index contributed by atoms with van der Waals surface area (Å²) < 4.78 is 0. The molecule has 3 aliphatic carbocycles. The number of hydrogen-bond acceptors (Lipinski definition) is 2. The molecule has 14 heavy (non-hydrogen) atoms. The zero-order valence-corrected chi connectivity index (χ0v) is 9.80. The van der Waals surface area contributed by atoms with Crippen LogP contribution < -0.4 is 0 Å². The van der Waals surface area contributed by atoms with Crippen LogP contribution in [0.4, 0.5) is 0 Å². The molecule has 0 spiro atoms. The third-order valence-electron chi connectivity index (χ3n) is 4.69. The molecule has 3 fully saturated rings. The average Bonchev–Trinajstić information content (AvgIpc) is 2.53. The van der Waals surface area contributed by atoms with E-state index >= 15 is 0 Å². The van der Waals surface area contributed by atoms with Gasteiger partial charge in [-0.05, 0) is 18.3 Å². The maximum Gasteiger partial charge on any atom is 0.311 e. The van der Waals surface area contributed by atoms with E-state index in [0.29, 0.717) is 12.8 Å². The molecule has 0 radical (unpaired) electrons. The van der Waals surface area contributed by atoms with Crippen molar-refractivity contribution in [2.24, 2.45) is 16.2 Å². The molecule has 3 aliphatic rings. The van der Waals surface area contributed by atoms with E-state index in [1.54, 1.807) is 0 Å². The highest BCUT2D eigenvalue weighted by atomic mass is 79.9. The lowest BCUT2D eigenvalue weighted by Gasteiger charge is -2.61. The summed E-state index contributed by atoms with van der Waals surface area (Å²) in [5, 5.41) is 9.28. The highest BCUT2D eigenvalue weighted by Crippen LogP contribution is 2.79. The maximum absolute atomic E-state index is 11.3. The highest BCUT2D eigenvalue weighted by Gasteiger charge is 2.82. The molecular formula is C10H13BrO3. The van der Waals surface area contributed by atoms with Crippen molar-refractivity contribution in [1.82, 2.24) is 0 Å². The third kappa shape index (κ3) is 0.630. The number of halogens is 1. The molecule has 3 nitrogen and oxygen atoms in total. The Bertz CT molecular complexity index is 325. The Morgan fingerprint density at radius 1 is 1.50 bits per heavy atom. The summed E-state index contributed by atoms with van der Waals surface area (Å²) in [4.78, 5) is 22.2.